The van der Waals surface area contributed by atoms with Gasteiger partial charge in [0, 0.05) is 6.61 Å². The number of hydrogen-bond acceptors (Lipinski definition) is 1. The molecule has 1 aromatic rings. The monoisotopic (exact) mass is 149 g/mol. The minimum absolute atomic E-state index is 0.536. The van der Waals surface area contributed by atoms with E-state index >= 15 is 0 Å². The van der Waals surface area contributed by atoms with Gasteiger partial charge in [0.25, 0.3) is 0 Å². The zero-order valence-corrected chi connectivity index (χ0v) is 6.84. The quantitative estimate of drug-likeness (QED) is 0.641. The molecule has 1 nitrogen and oxygen atoms in total. The maximum atomic E-state index is 5.15. The molecule has 0 unspecified atom stereocenters. The molecule has 0 spiro atoms. The first-order valence-corrected chi connectivity index (χ1v) is 3.75. The first-order chi connectivity index (χ1) is 5.33. The first kappa shape index (κ1) is 8.28. The molecule has 0 atom stereocenters. The van der Waals surface area contributed by atoms with Crippen LogP contribution in [0.1, 0.15) is 11.1 Å². The summed E-state index contributed by atoms with van der Waals surface area (Å²) in [7, 11) is 0. The minimum Gasteiger partial charge on any atom is -0.377 e. The maximum Gasteiger partial charge on any atom is 0.0716 e. The molecule has 0 fully saturated rings. The third-order valence-corrected chi connectivity index (χ3v) is 1.53. The lowest BCUT2D eigenvalue weighted by Gasteiger charge is -2.00. The summed E-state index contributed by atoms with van der Waals surface area (Å²) in [6.45, 7) is 6.88. The van der Waals surface area contributed by atoms with Crippen LogP contribution in [0.5, 0.6) is 0 Å². The second-order valence-corrected chi connectivity index (χ2v) is 2.54. The van der Waals surface area contributed by atoms with Crippen molar-refractivity contribution in [3.05, 3.63) is 42.3 Å². The third kappa shape index (κ3) is 2.72. The number of ether oxygens (including phenoxy) is 1. The summed E-state index contributed by atoms with van der Waals surface area (Å²) in [5, 5.41) is 0. The lowest BCUT2D eigenvalue weighted by Crippen LogP contribution is -1.91. The van der Waals surface area contributed by atoms with Crippen molar-refractivity contribution in [3.63, 3.8) is 0 Å². The van der Waals surface area contributed by atoms with Gasteiger partial charge in [-0.25, -0.2) is 0 Å². The van der Waals surface area contributed by atoms with E-state index in [1.807, 2.05) is 0 Å². The highest BCUT2D eigenvalue weighted by Gasteiger charge is 1.89. The van der Waals surface area contributed by atoms with E-state index < -0.39 is 0 Å². The molecule has 0 N–H and O–H groups in total. The predicted octanol–water partition coefficient (Wildman–Crippen LogP) is 2.35. The summed E-state index contributed by atoms with van der Waals surface area (Å²) in [6, 6.07) is 8.32. The third-order valence-electron chi connectivity index (χ3n) is 1.53. The average Bonchev–Trinajstić information content (AvgIpc) is 2.04. The van der Waals surface area contributed by atoms with Gasteiger partial charge < -0.3 is 4.74 Å². The Bertz CT molecular complexity index is 201. The van der Waals surface area contributed by atoms with E-state index in [-0.39, 0.29) is 0 Å². The highest BCUT2D eigenvalue weighted by atomic mass is 16.5. The van der Waals surface area contributed by atoms with Gasteiger partial charge in [-0.1, -0.05) is 29.8 Å². The van der Waals surface area contributed by atoms with E-state index in [1.165, 1.54) is 11.1 Å². The van der Waals surface area contributed by atoms with E-state index in [0.29, 0.717) is 13.2 Å². The summed E-state index contributed by atoms with van der Waals surface area (Å²) >= 11 is 0. The zero-order valence-electron chi connectivity index (χ0n) is 6.84. The molecule has 11 heavy (non-hydrogen) atoms. The van der Waals surface area contributed by atoms with Crippen molar-refractivity contribution >= 4 is 0 Å². The molecule has 1 aromatic carbocycles. The summed E-state index contributed by atoms with van der Waals surface area (Å²) in [5.74, 6) is 0. The van der Waals surface area contributed by atoms with Crippen LogP contribution < -0.4 is 0 Å². The summed E-state index contributed by atoms with van der Waals surface area (Å²) < 4.78 is 5.15. The Hall–Kier alpha value is -0.820. The number of benzene rings is 1. The molecule has 1 heteroatoms. The van der Waals surface area contributed by atoms with Gasteiger partial charge in [0.15, 0.2) is 0 Å². The van der Waals surface area contributed by atoms with Crippen molar-refractivity contribution in [2.75, 3.05) is 6.61 Å². The standard InChI is InChI=1S/C10H13O/c1-3-11-8-10-6-4-9(2)5-7-10/h4-7H,1,3,8H2,2H3. The fourth-order valence-corrected chi connectivity index (χ4v) is 0.874. The number of aryl methyl sites for hydroxylation is 1. The smallest absolute Gasteiger partial charge is 0.0716 e. The molecular formula is C10H13O. The Morgan fingerprint density at radius 3 is 2.45 bits per heavy atom. The highest BCUT2D eigenvalue weighted by molar-refractivity contribution is 5.20. The van der Waals surface area contributed by atoms with Crippen LogP contribution in [0.3, 0.4) is 0 Å². The first-order valence-electron chi connectivity index (χ1n) is 3.75. The van der Waals surface area contributed by atoms with Gasteiger partial charge in [0.2, 0.25) is 0 Å². The summed E-state index contributed by atoms with van der Waals surface area (Å²) in [5.41, 5.74) is 2.49. The van der Waals surface area contributed by atoms with E-state index in [9.17, 15) is 0 Å². The van der Waals surface area contributed by atoms with Gasteiger partial charge in [-0.05, 0) is 19.4 Å². The van der Waals surface area contributed by atoms with Crippen molar-refractivity contribution in [2.45, 2.75) is 13.5 Å². The molecule has 0 saturated carbocycles. The lowest BCUT2D eigenvalue weighted by molar-refractivity contribution is 0.147. The fourth-order valence-electron chi connectivity index (χ4n) is 0.874. The van der Waals surface area contributed by atoms with Gasteiger partial charge in [-0.3, -0.25) is 0 Å². The predicted molar refractivity (Wildman–Crippen MR) is 46.2 cm³/mol. The summed E-state index contributed by atoms with van der Waals surface area (Å²) in [4.78, 5) is 0. The molecule has 0 aliphatic heterocycles. The van der Waals surface area contributed by atoms with E-state index in [1.54, 1.807) is 0 Å². The highest BCUT2D eigenvalue weighted by Crippen LogP contribution is 2.03. The largest absolute Gasteiger partial charge is 0.377 e. The molecule has 0 aliphatic carbocycles. The van der Waals surface area contributed by atoms with Crippen LogP contribution in [-0.2, 0) is 11.3 Å². The van der Waals surface area contributed by atoms with Crippen molar-refractivity contribution in [3.8, 4) is 0 Å². The Morgan fingerprint density at radius 1 is 1.27 bits per heavy atom. The topological polar surface area (TPSA) is 9.23 Å². The molecule has 0 saturated heterocycles. The van der Waals surface area contributed by atoms with Crippen molar-refractivity contribution in [1.29, 1.82) is 0 Å². The Balaban J connectivity index is 2.52. The van der Waals surface area contributed by atoms with E-state index in [4.69, 9.17) is 4.74 Å². The van der Waals surface area contributed by atoms with Gasteiger partial charge in [0.05, 0.1) is 6.61 Å². The van der Waals surface area contributed by atoms with Crippen LogP contribution in [0.25, 0.3) is 0 Å². The molecule has 0 amide bonds. The van der Waals surface area contributed by atoms with Gasteiger partial charge in [-0.15, -0.1) is 0 Å². The molecule has 0 aromatic heterocycles. The Labute approximate surface area is 68.0 Å². The van der Waals surface area contributed by atoms with Crippen LogP contribution in [-0.4, -0.2) is 6.61 Å². The van der Waals surface area contributed by atoms with Gasteiger partial charge in [0.1, 0.15) is 0 Å². The van der Waals surface area contributed by atoms with Crippen LogP contribution >= 0.6 is 0 Å². The minimum atomic E-state index is 0.536. The molecule has 1 rings (SSSR count). The van der Waals surface area contributed by atoms with Crippen LogP contribution in [0.15, 0.2) is 24.3 Å². The molecule has 0 bridgehead atoms. The lowest BCUT2D eigenvalue weighted by atomic mass is 10.2. The Kier molecular flexibility index (Phi) is 3.12. The maximum absolute atomic E-state index is 5.15. The van der Waals surface area contributed by atoms with Crippen LogP contribution in [0, 0.1) is 13.8 Å². The van der Waals surface area contributed by atoms with E-state index in [2.05, 4.69) is 38.1 Å². The van der Waals surface area contributed by atoms with Crippen molar-refractivity contribution in [2.24, 2.45) is 0 Å². The summed E-state index contributed by atoms with van der Waals surface area (Å²) in [6.07, 6.45) is 0. The number of hydrogen-bond donors (Lipinski definition) is 0. The normalized spacial score (nSPS) is 10.0. The van der Waals surface area contributed by atoms with E-state index in [0.717, 1.165) is 0 Å². The second kappa shape index (κ2) is 4.14. The number of rotatable bonds is 3. The fraction of sp³-hybridized carbons (Fsp3) is 0.300. The average molecular weight is 149 g/mol. The van der Waals surface area contributed by atoms with Gasteiger partial charge >= 0.3 is 0 Å². The molecular weight excluding hydrogens is 136 g/mol. The molecule has 0 heterocycles. The molecule has 59 valence electrons. The van der Waals surface area contributed by atoms with Crippen LogP contribution in [0.4, 0.5) is 0 Å². The molecule has 0 aliphatic rings. The Morgan fingerprint density at radius 2 is 1.91 bits per heavy atom. The van der Waals surface area contributed by atoms with Gasteiger partial charge in [-0.2, -0.15) is 0 Å². The zero-order chi connectivity index (χ0) is 8.10. The van der Waals surface area contributed by atoms with Crippen molar-refractivity contribution in [1.82, 2.24) is 0 Å². The SMILES string of the molecule is [CH2]COCc1ccc(C)cc1. The second-order valence-electron chi connectivity index (χ2n) is 2.54. The van der Waals surface area contributed by atoms with Crippen molar-refractivity contribution < 1.29 is 4.74 Å². The molecule has 1 radical (unpaired) electrons. The van der Waals surface area contributed by atoms with Crippen LogP contribution in [0.2, 0.25) is 0 Å².